The van der Waals surface area contributed by atoms with Crippen molar-refractivity contribution in [3.63, 3.8) is 0 Å². The van der Waals surface area contributed by atoms with Gasteiger partial charge in [0, 0.05) is 18.3 Å². The topological polar surface area (TPSA) is 67.2 Å². The molecule has 0 aliphatic rings. The zero-order valence-electron chi connectivity index (χ0n) is 9.90. The van der Waals surface area contributed by atoms with E-state index in [1.54, 1.807) is 0 Å². The maximum Gasteiger partial charge on any atom is 0.306 e. The molecule has 0 aliphatic carbocycles. The molecule has 5 nitrogen and oxygen atoms in total. The number of rotatable bonds is 5. The minimum atomic E-state index is -0.865. The Labute approximate surface area is 110 Å². The predicted molar refractivity (Wildman–Crippen MR) is 72.2 cm³/mol. The first-order chi connectivity index (χ1) is 8.54. The van der Waals surface area contributed by atoms with Gasteiger partial charge in [-0.1, -0.05) is 13.3 Å². The Kier molecular flexibility index (Phi) is 5.44. The average Bonchev–Trinajstić information content (AvgIpc) is 2.31. The molecule has 98 valence electrons. The first-order valence-corrected chi connectivity index (χ1v) is 5.94. The number of hydrogen-bond acceptors (Lipinski definition) is 3. The Morgan fingerprint density at radius 1 is 1.56 bits per heavy atom. The first kappa shape index (κ1) is 14.3. The van der Waals surface area contributed by atoms with Gasteiger partial charge in [0.25, 0.3) is 0 Å². The van der Waals surface area contributed by atoms with Crippen LogP contribution in [0.1, 0.15) is 19.8 Å². The van der Waals surface area contributed by atoms with Crippen LogP contribution in [0.15, 0.2) is 18.2 Å². The number of unbranched alkanes of at least 4 members (excludes halogenated alkanes) is 1. The van der Waals surface area contributed by atoms with Crippen LogP contribution in [0.2, 0.25) is 0 Å². The maximum atomic E-state index is 13.1. The van der Waals surface area contributed by atoms with Gasteiger partial charge in [-0.2, -0.15) is 4.39 Å². The molecule has 0 unspecified atom stereocenters. The Morgan fingerprint density at radius 2 is 2.28 bits per heavy atom. The molecule has 0 atom stereocenters. The summed E-state index contributed by atoms with van der Waals surface area (Å²) >= 11 is 5.01. The van der Waals surface area contributed by atoms with Gasteiger partial charge in [-0.15, -0.1) is 0 Å². The molecule has 0 aliphatic heterocycles. The second kappa shape index (κ2) is 6.85. The third kappa shape index (κ3) is 4.25. The SMILES string of the molecule is CCCCNC(=S)Nc1ccc(F)c([N+](=O)[O-])c1. The van der Waals surface area contributed by atoms with E-state index in [4.69, 9.17) is 12.2 Å². The number of halogens is 1. The lowest BCUT2D eigenvalue weighted by Crippen LogP contribution is -2.29. The standard InChI is InChI=1S/C11H14FN3O2S/c1-2-3-6-13-11(18)14-8-4-5-9(12)10(7-8)15(16)17/h4-5,7H,2-3,6H2,1H3,(H2,13,14,18). The number of benzene rings is 1. The fourth-order valence-electron chi connectivity index (χ4n) is 1.28. The van der Waals surface area contributed by atoms with Crippen LogP contribution in [0.25, 0.3) is 0 Å². The molecular formula is C11H14FN3O2S. The summed E-state index contributed by atoms with van der Waals surface area (Å²) in [6.45, 7) is 2.78. The molecule has 1 aromatic carbocycles. The number of nitro benzene ring substituents is 1. The van der Waals surface area contributed by atoms with Crippen molar-refractivity contribution in [2.45, 2.75) is 19.8 Å². The molecule has 1 rings (SSSR count). The monoisotopic (exact) mass is 271 g/mol. The number of thiocarbonyl (C=S) groups is 1. The van der Waals surface area contributed by atoms with Crippen LogP contribution < -0.4 is 10.6 Å². The number of anilines is 1. The molecular weight excluding hydrogens is 257 g/mol. The van der Waals surface area contributed by atoms with E-state index in [-0.39, 0.29) is 0 Å². The van der Waals surface area contributed by atoms with Crippen LogP contribution in [0.3, 0.4) is 0 Å². The van der Waals surface area contributed by atoms with E-state index in [9.17, 15) is 14.5 Å². The molecule has 0 bridgehead atoms. The van der Waals surface area contributed by atoms with Gasteiger partial charge in [0.05, 0.1) is 4.92 Å². The van der Waals surface area contributed by atoms with E-state index in [0.29, 0.717) is 10.8 Å². The highest BCUT2D eigenvalue weighted by Gasteiger charge is 2.14. The zero-order chi connectivity index (χ0) is 13.5. The van der Waals surface area contributed by atoms with Gasteiger partial charge in [-0.3, -0.25) is 10.1 Å². The normalized spacial score (nSPS) is 9.89. The average molecular weight is 271 g/mol. The van der Waals surface area contributed by atoms with Crippen molar-refractivity contribution < 1.29 is 9.31 Å². The summed E-state index contributed by atoms with van der Waals surface area (Å²) in [5, 5.41) is 16.6. The molecule has 0 spiro atoms. The number of hydrogen-bond donors (Lipinski definition) is 2. The van der Waals surface area contributed by atoms with Gasteiger partial charge in [0.15, 0.2) is 5.11 Å². The molecule has 1 aromatic rings. The molecule has 0 heterocycles. The molecule has 0 saturated carbocycles. The first-order valence-electron chi connectivity index (χ1n) is 5.53. The van der Waals surface area contributed by atoms with E-state index in [0.717, 1.165) is 31.5 Å². The number of nitrogens with zero attached hydrogens (tertiary/aromatic N) is 1. The van der Waals surface area contributed by atoms with Crippen molar-refractivity contribution in [2.75, 3.05) is 11.9 Å². The van der Waals surface area contributed by atoms with Crippen molar-refractivity contribution in [1.29, 1.82) is 0 Å². The lowest BCUT2D eigenvalue weighted by Gasteiger charge is -2.09. The molecule has 2 N–H and O–H groups in total. The molecule has 0 aromatic heterocycles. The lowest BCUT2D eigenvalue weighted by atomic mass is 10.2. The van der Waals surface area contributed by atoms with E-state index < -0.39 is 16.4 Å². The van der Waals surface area contributed by atoms with Gasteiger partial charge in [-0.05, 0) is 30.8 Å². The minimum Gasteiger partial charge on any atom is -0.362 e. The van der Waals surface area contributed by atoms with Crippen LogP contribution >= 0.6 is 12.2 Å². The summed E-state index contributed by atoms with van der Waals surface area (Å²) in [6.07, 6.45) is 2.02. The highest BCUT2D eigenvalue weighted by atomic mass is 32.1. The summed E-state index contributed by atoms with van der Waals surface area (Å²) < 4.78 is 13.1. The second-order valence-corrected chi connectivity index (χ2v) is 4.07. The van der Waals surface area contributed by atoms with Gasteiger partial charge < -0.3 is 10.6 Å². The van der Waals surface area contributed by atoms with Gasteiger partial charge >= 0.3 is 5.69 Å². The van der Waals surface area contributed by atoms with Gasteiger partial charge in [0.2, 0.25) is 5.82 Å². The Morgan fingerprint density at radius 3 is 2.89 bits per heavy atom. The predicted octanol–water partition coefficient (Wildman–Crippen LogP) is 2.82. The van der Waals surface area contributed by atoms with Crippen molar-refractivity contribution in [3.05, 3.63) is 34.1 Å². The maximum absolute atomic E-state index is 13.1. The third-order valence-corrected chi connectivity index (χ3v) is 2.46. The van der Waals surface area contributed by atoms with Crippen LogP contribution in [-0.2, 0) is 0 Å². The van der Waals surface area contributed by atoms with Gasteiger partial charge in [0.1, 0.15) is 0 Å². The van der Waals surface area contributed by atoms with Crippen molar-refractivity contribution >= 4 is 28.7 Å². The van der Waals surface area contributed by atoms with E-state index in [2.05, 4.69) is 17.6 Å². The molecule has 7 heteroatoms. The Bertz CT molecular complexity index is 454. The summed E-state index contributed by atoms with van der Waals surface area (Å²) in [7, 11) is 0. The van der Waals surface area contributed by atoms with E-state index in [1.807, 2.05) is 0 Å². The van der Waals surface area contributed by atoms with Crippen LogP contribution in [-0.4, -0.2) is 16.6 Å². The van der Waals surface area contributed by atoms with Crippen molar-refractivity contribution in [1.82, 2.24) is 5.32 Å². The lowest BCUT2D eigenvalue weighted by molar-refractivity contribution is -0.387. The van der Waals surface area contributed by atoms with Crippen LogP contribution in [0.5, 0.6) is 0 Å². The smallest absolute Gasteiger partial charge is 0.306 e. The second-order valence-electron chi connectivity index (χ2n) is 3.66. The molecule has 0 radical (unpaired) electrons. The summed E-state index contributed by atoms with van der Waals surface area (Å²) in [4.78, 5) is 9.79. The van der Waals surface area contributed by atoms with Gasteiger partial charge in [-0.25, -0.2) is 0 Å². The largest absolute Gasteiger partial charge is 0.362 e. The minimum absolute atomic E-state index is 0.365. The molecule has 0 amide bonds. The van der Waals surface area contributed by atoms with E-state index >= 15 is 0 Å². The zero-order valence-corrected chi connectivity index (χ0v) is 10.7. The summed E-state index contributed by atoms with van der Waals surface area (Å²) in [6, 6.07) is 3.55. The molecule has 0 fully saturated rings. The van der Waals surface area contributed by atoms with Crippen LogP contribution in [0.4, 0.5) is 15.8 Å². The quantitative estimate of drug-likeness (QED) is 0.373. The highest BCUT2D eigenvalue weighted by Crippen LogP contribution is 2.21. The fourth-order valence-corrected chi connectivity index (χ4v) is 1.50. The van der Waals surface area contributed by atoms with Crippen LogP contribution in [0, 0.1) is 15.9 Å². The van der Waals surface area contributed by atoms with Crippen molar-refractivity contribution in [3.8, 4) is 0 Å². The molecule has 0 saturated heterocycles. The fraction of sp³-hybridized carbons (Fsp3) is 0.364. The van der Waals surface area contributed by atoms with E-state index in [1.165, 1.54) is 6.07 Å². The summed E-state index contributed by atoms with van der Waals surface area (Å²) in [5.41, 5.74) is -0.187. The Hall–Kier alpha value is -1.76. The third-order valence-electron chi connectivity index (χ3n) is 2.22. The van der Waals surface area contributed by atoms with Crippen molar-refractivity contribution in [2.24, 2.45) is 0 Å². The Balaban J connectivity index is 2.65. The number of nitrogens with one attached hydrogen (secondary N) is 2. The highest BCUT2D eigenvalue weighted by molar-refractivity contribution is 7.80. The summed E-state index contributed by atoms with van der Waals surface area (Å²) in [5.74, 6) is -0.865. The number of nitro groups is 1. The molecule has 18 heavy (non-hydrogen) atoms.